The number of nitrogens with zero attached hydrogens (tertiary/aromatic N) is 3. The number of nitrogens with one attached hydrogen (secondary N) is 1. The molecule has 0 saturated carbocycles. The fraction of sp³-hybridized carbons (Fsp3) is 0.174. The first-order chi connectivity index (χ1) is 14.1. The van der Waals surface area contributed by atoms with Gasteiger partial charge in [0.2, 0.25) is 0 Å². The van der Waals surface area contributed by atoms with Crippen molar-refractivity contribution in [2.75, 3.05) is 12.4 Å². The number of aromatic nitrogens is 3. The molecule has 3 aromatic carbocycles. The molecular weight excluding hydrogens is 364 g/mol. The Hall–Kier alpha value is -3.67. The third-order valence-electron chi connectivity index (χ3n) is 4.90. The summed E-state index contributed by atoms with van der Waals surface area (Å²) < 4.78 is 5.14. The number of aryl methyl sites for hydroxylation is 2. The van der Waals surface area contributed by atoms with E-state index in [1.54, 1.807) is 36.2 Å². The number of hydrogen-bond donors (Lipinski definition) is 1. The summed E-state index contributed by atoms with van der Waals surface area (Å²) in [6.07, 6.45) is 0.991. The summed E-state index contributed by atoms with van der Waals surface area (Å²) in [6, 6.07) is 19.0. The SMILES string of the molecule is CCc1ccc(-n2nc3cc(C)c(NC(=O)c4ccc(OC)cc4)cc3n2)cc1. The van der Waals surface area contributed by atoms with Crippen molar-refractivity contribution in [2.24, 2.45) is 0 Å². The lowest BCUT2D eigenvalue weighted by Gasteiger charge is -2.08. The summed E-state index contributed by atoms with van der Waals surface area (Å²) in [5.41, 5.74) is 5.87. The third kappa shape index (κ3) is 3.82. The van der Waals surface area contributed by atoms with Crippen LogP contribution in [0.3, 0.4) is 0 Å². The van der Waals surface area contributed by atoms with Crippen LogP contribution in [0.25, 0.3) is 16.7 Å². The van der Waals surface area contributed by atoms with Gasteiger partial charge in [0.05, 0.1) is 12.8 Å². The number of amides is 1. The summed E-state index contributed by atoms with van der Waals surface area (Å²) in [4.78, 5) is 14.2. The molecule has 29 heavy (non-hydrogen) atoms. The molecule has 6 heteroatoms. The minimum absolute atomic E-state index is 0.183. The molecule has 1 amide bonds. The van der Waals surface area contributed by atoms with E-state index in [0.717, 1.165) is 28.7 Å². The Kier molecular flexibility index (Phi) is 4.99. The molecule has 0 spiro atoms. The number of carbonyl (C=O) groups is 1. The summed E-state index contributed by atoms with van der Waals surface area (Å²) in [5, 5.41) is 12.1. The largest absolute Gasteiger partial charge is 0.497 e. The molecule has 0 unspecified atom stereocenters. The minimum Gasteiger partial charge on any atom is -0.497 e. The summed E-state index contributed by atoms with van der Waals surface area (Å²) >= 11 is 0. The zero-order valence-electron chi connectivity index (χ0n) is 16.6. The van der Waals surface area contributed by atoms with E-state index in [4.69, 9.17) is 4.74 Å². The maximum Gasteiger partial charge on any atom is 0.255 e. The van der Waals surface area contributed by atoms with Crippen LogP contribution in [0.1, 0.15) is 28.4 Å². The zero-order valence-corrected chi connectivity index (χ0v) is 16.6. The minimum atomic E-state index is -0.183. The Morgan fingerprint density at radius 3 is 2.28 bits per heavy atom. The van der Waals surface area contributed by atoms with Crippen LogP contribution >= 0.6 is 0 Å². The van der Waals surface area contributed by atoms with Gasteiger partial charge < -0.3 is 10.1 Å². The van der Waals surface area contributed by atoms with Gasteiger partial charge in [0.1, 0.15) is 16.8 Å². The summed E-state index contributed by atoms with van der Waals surface area (Å²) in [5.74, 6) is 0.528. The molecule has 1 heterocycles. The Balaban J connectivity index is 1.61. The van der Waals surface area contributed by atoms with Crippen molar-refractivity contribution in [1.29, 1.82) is 0 Å². The first kappa shape index (κ1) is 18.7. The molecule has 6 nitrogen and oxygen atoms in total. The monoisotopic (exact) mass is 386 g/mol. The smallest absolute Gasteiger partial charge is 0.255 e. The maximum atomic E-state index is 12.6. The average molecular weight is 386 g/mol. The van der Waals surface area contributed by atoms with Crippen molar-refractivity contribution in [2.45, 2.75) is 20.3 Å². The van der Waals surface area contributed by atoms with Crippen molar-refractivity contribution >= 4 is 22.6 Å². The summed E-state index contributed by atoms with van der Waals surface area (Å²) in [6.45, 7) is 4.07. The second-order valence-electron chi connectivity index (χ2n) is 6.85. The molecule has 4 aromatic rings. The van der Waals surface area contributed by atoms with E-state index in [2.05, 4.69) is 34.6 Å². The fourth-order valence-corrected chi connectivity index (χ4v) is 3.12. The number of methoxy groups -OCH3 is 1. The number of ether oxygens (including phenoxy) is 1. The highest BCUT2D eigenvalue weighted by Gasteiger charge is 2.12. The topological polar surface area (TPSA) is 69.0 Å². The first-order valence-electron chi connectivity index (χ1n) is 9.50. The molecule has 4 rings (SSSR count). The van der Waals surface area contributed by atoms with Gasteiger partial charge in [-0.1, -0.05) is 19.1 Å². The summed E-state index contributed by atoms with van der Waals surface area (Å²) in [7, 11) is 1.60. The van der Waals surface area contributed by atoms with E-state index >= 15 is 0 Å². The van der Waals surface area contributed by atoms with Gasteiger partial charge in [-0.2, -0.15) is 4.80 Å². The molecule has 0 aliphatic heterocycles. The van der Waals surface area contributed by atoms with E-state index < -0.39 is 0 Å². The number of anilines is 1. The quantitative estimate of drug-likeness (QED) is 0.546. The highest BCUT2D eigenvalue weighted by atomic mass is 16.5. The van der Waals surface area contributed by atoms with Crippen LogP contribution in [-0.2, 0) is 6.42 Å². The van der Waals surface area contributed by atoms with Gasteiger partial charge in [0.15, 0.2) is 0 Å². The lowest BCUT2D eigenvalue weighted by atomic mass is 10.1. The van der Waals surface area contributed by atoms with Crippen LogP contribution < -0.4 is 10.1 Å². The van der Waals surface area contributed by atoms with E-state index in [0.29, 0.717) is 17.0 Å². The zero-order chi connectivity index (χ0) is 20.4. The molecule has 0 fully saturated rings. The predicted molar refractivity (Wildman–Crippen MR) is 114 cm³/mol. The normalized spacial score (nSPS) is 10.9. The number of benzene rings is 3. The van der Waals surface area contributed by atoms with E-state index in [1.165, 1.54) is 5.56 Å². The molecule has 1 aromatic heterocycles. The van der Waals surface area contributed by atoms with Crippen LogP contribution in [0.2, 0.25) is 0 Å². The molecule has 146 valence electrons. The van der Waals surface area contributed by atoms with Crippen LogP contribution in [0, 0.1) is 6.92 Å². The van der Waals surface area contributed by atoms with E-state index in [-0.39, 0.29) is 5.91 Å². The number of fused-ring (bicyclic) bond motifs is 1. The Morgan fingerprint density at radius 1 is 1.00 bits per heavy atom. The third-order valence-corrected chi connectivity index (χ3v) is 4.90. The van der Waals surface area contributed by atoms with Gasteiger partial charge in [-0.05, 0) is 73.0 Å². The van der Waals surface area contributed by atoms with Gasteiger partial charge >= 0.3 is 0 Å². The number of carbonyl (C=O) groups excluding carboxylic acids is 1. The van der Waals surface area contributed by atoms with Gasteiger partial charge in [0, 0.05) is 11.3 Å². The predicted octanol–water partition coefficient (Wildman–Crippen LogP) is 4.55. The molecule has 1 N–H and O–H groups in total. The van der Waals surface area contributed by atoms with Crippen LogP contribution in [0.15, 0.2) is 60.7 Å². The Labute approximate surface area is 169 Å². The van der Waals surface area contributed by atoms with Crippen molar-refractivity contribution in [3.63, 3.8) is 0 Å². The fourth-order valence-electron chi connectivity index (χ4n) is 3.12. The van der Waals surface area contributed by atoms with Crippen molar-refractivity contribution in [3.8, 4) is 11.4 Å². The number of hydrogen-bond acceptors (Lipinski definition) is 4. The van der Waals surface area contributed by atoms with E-state index in [1.807, 2.05) is 31.2 Å². The molecule has 0 atom stereocenters. The molecular formula is C23H22N4O2. The second-order valence-corrected chi connectivity index (χ2v) is 6.85. The Morgan fingerprint density at radius 2 is 1.66 bits per heavy atom. The van der Waals surface area contributed by atoms with Gasteiger partial charge in [-0.25, -0.2) is 0 Å². The molecule has 0 bridgehead atoms. The highest BCUT2D eigenvalue weighted by molar-refractivity contribution is 6.05. The van der Waals surface area contributed by atoms with Crippen molar-refractivity contribution in [1.82, 2.24) is 15.0 Å². The lowest BCUT2D eigenvalue weighted by Crippen LogP contribution is -2.12. The lowest BCUT2D eigenvalue weighted by molar-refractivity contribution is 0.102. The Bertz CT molecular complexity index is 1160. The van der Waals surface area contributed by atoms with Crippen LogP contribution in [0.4, 0.5) is 5.69 Å². The molecule has 0 aliphatic carbocycles. The van der Waals surface area contributed by atoms with Crippen molar-refractivity contribution < 1.29 is 9.53 Å². The molecule has 0 saturated heterocycles. The maximum absolute atomic E-state index is 12.6. The van der Waals surface area contributed by atoms with Gasteiger partial charge in [0.25, 0.3) is 5.91 Å². The van der Waals surface area contributed by atoms with Crippen LogP contribution in [-0.4, -0.2) is 28.0 Å². The average Bonchev–Trinajstić information content (AvgIpc) is 3.16. The number of rotatable bonds is 5. The highest BCUT2D eigenvalue weighted by Crippen LogP contribution is 2.23. The second kappa shape index (κ2) is 7.75. The van der Waals surface area contributed by atoms with Crippen molar-refractivity contribution in [3.05, 3.63) is 77.4 Å². The molecule has 0 aliphatic rings. The van der Waals surface area contributed by atoms with Crippen LogP contribution in [0.5, 0.6) is 5.75 Å². The first-order valence-corrected chi connectivity index (χ1v) is 9.50. The molecule has 0 radical (unpaired) electrons. The van der Waals surface area contributed by atoms with Gasteiger partial charge in [-0.15, -0.1) is 10.2 Å². The van der Waals surface area contributed by atoms with Gasteiger partial charge in [-0.3, -0.25) is 4.79 Å². The van der Waals surface area contributed by atoms with E-state index in [9.17, 15) is 4.79 Å². The standard InChI is InChI=1S/C23H22N4O2/c1-4-16-5-9-18(10-6-16)27-25-21-13-15(2)20(14-22(21)26-27)24-23(28)17-7-11-19(29-3)12-8-17/h5-14H,4H2,1-3H3,(H,24,28).